The molecule has 2 aliphatic carbocycles. The van der Waals surface area contributed by atoms with Gasteiger partial charge in [0.2, 0.25) is 0 Å². The molecule has 2 heteroatoms. The number of carbonyl (C=O) groups excluding carboxylic acids is 1. The van der Waals surface area contributed by atoms with Crippen molar-refractivity contribution in [2.24, 2.45) is 5.92 Å². The van der Waals surface area contributed by atoms with Gasteiger partial charge in [0.1, 0.15) is 6.29 Å². The molecule has 0 spiro atoms. The predicted molar refractivity (Wildman–Crippen MR) is 185 cm³/mol. The number of rotatable bonds is 7. The molecular weight excluding hydrogens is 641 g/mol. The van der Waals surface area contributed by atoms with E-state index in [1.54, 1.807) is 5.56 Å². The van der Waals surface area contributed by atoms with E-state index >= 15 is 0 Å². The molecule has 1 unspecified atom stereocenters. The third-order valence-electron chi connectivity index (χ3n) is 8.79. The molecule has 3 aromatic carbocycles. The van der Waals surface area contributed by atoms with Crippen molar-refractivity contribution in [1.29, 1.82) is 0 Å². The van der Waals surface area contributed by atoms with Gasteiger partial charge in [-0.05, 0) is 84.1 Å². The van der Waals surface area contributed by atoms with Crippen LogP contribution in [0, 0.1) is 12.3 Å². The molecular formula is C41H57CsO. The Labute approximate surface area is 324 Å². The van der Waals surface area contributed by atoms with Crippen molar-refractivity contribution in [3.8, 4) is 0 Å². The van der Waals surface area contributed by atoms with E-state index in [0.29, 0.717) is 5.92 Å². The van der Waals surface area contributed by atoms with E-state index < -0.39 is 0 Å². The monoisotopic (exact) mass is 698 g/mol. The normalized spacial score (nSPS) is 18.4. The Morgan fingerprint density at radius 2 is 1.28 bits per heavy atom. The fraction of sp³-hybridized carbons (Fsp3) is 0.463. The summed E-state index contributed by atoms with van der Waals surface area (Å²) in [6, 6.07) is 29.4. The van der Waals surface area contributed by atoms with Crippen LogP contribution in [0.1, 0.15) is 138 Å². The quantitative estimate of drug-likeness (QED) is 0.178. The first-order valence-corrected chi connectivity index (χ1v) is 16.6. The molecule has 0 bridgehead atoms. The Kier molecular flexibility index (Phi) is 22.7. The molecule has 5 rings (SSSR count). The van der Waals surface area contributed by atoms with E-state index in [4.69, 9.17) is 4.79 Å². The largest absolute Gasteiger partial charge is 1.00 e. The molecule has 3 aromatic rings. The van der Waals surface area contributed by atoms with E-state index in [9.17, 15) is 0 Å². The Hall–Kier alpha value is -0.878. The average molecular weight is 699 g/mol. The minimum atomic E-state index is 0. The Morgan fingerprint density at radius 1 is 0.791 bits per heavy atom. The van der Waals surface area contributed by atoms with Crippen LogP contribution in [-0.4, -0.2) is 6.29 Å². The van der Waals surface area contributed by atoms with E-state index in [1.807, 2.05) is 19.9 Å². The zero-order valence-electron chi connectivity index (χ0n) is 28.2. The zero-order chi connectivity index (χ0) is 30.6. The number of benzene rings is 3. The van der Waals surface area contributed by atoms with Crippen LogP contribution in [0.2, 0.25) is 0 Å². The third-order valence-corrected chi connectivity index (χ3v) is 8.79. The van der Waals surface area contributed by atoms with Crippen molar-refractivity contribution < 1.29 is 73.7 Å². The summed E-state index contributed by atoms with van der Waals surface area (Å²) >= 11 is 0. The topological polar surface area (TPSA) is 17.1 Å². The second-order valence-electron chi connectivity index (χ2n) is 11.7. The SMILES string of the molecule is C=Cc1ccc(C2CC[CH-]CC2)cc1.CC.CC=O.CCC(Cc1ccc(C2CCC(C)CC2)cc1)c1ccccc1.[Cs+]. The molecule has 0 aromatic heterocycles. The molecule has 0 heterocycles. The van der Waals surface area contributed by atoms with Gasteiger partial charge in [-0.1, -0.05) is 145 Å². The van der Waals surface area contributed by atoms with Crippen molar-refractivity contribution >= 4 is 12.4 Å². The van der Waals surface area contributed by atoms with Gasteiger partial charge in [0.15, 0.2) is 0 Å². The van der Waals surface area contributed by atoms with Gasteiger partial charge in [-0.15, -0.1) is 0 Å². The predicted octanol–water partition coefficient (Wildman–Crippen LogP) is 9.14. The van der Waals surface area contributed by atoms with Crippen molar-refractivity contribution in [2.45, 2.75) is 117 Å². The van der Waals surface area contributed by atoms with Crippen molar-refractivity contribution in [3.63, 3.8) is 0 Å². The van der Waals surface area contributed by atoms with Gasteiger partial charge >= 0.3 is 68.9 Å². The number of carbonyl (C=O) groups is 1. The minimum absolute atomic E-state index is 0. The molecule has 0 aliphatic heterocycles. The molecule has 2 fully saturated rings. The standard InChI is InChI=1S/C23H30.C14H17.C2H4O.C2H6.Cs/c1-3-20(21-7-5-4-6-8-21)17-19-11-15-23(16-12-19)22-13-9-18(2)10-14-22;1-2-12-8-10-14(11-9-12)13-6-4-3-5-7-13;1-2-3;1-2;/h4-8,11-12,15-16,18,20,22H,3,9-10,13-14,17H2,1-2H3;2-3,8-11,13H,1,4-7H2;2H,1H3;1-2H3;/q;-1;;;+1. The van der Waals surface area contributed by atoms with Gasteiger partial charge < -0.3 is 11.2 Å². The first-order valence-electron chi connectivity index (χ1n) is 16.6. The maximum Gasteiger partial charge on any atom is 1.00 e. The Bertz CT molecular complexity index is 1090. The van der Waals surface area contributed by atoms with E-state index in [2.05, 4.69) is 106 Å². The van der Waals surface area contributed by atoms with Crippen molar-refractivity contribution in [1.82, 2.24) is 0 Å². The summed E-state index contributed by atoms with van der Waals surface area (Å²) in [4.78, 5) is 8.81. The van der Waals surface area contributed by atoms with Gasteiger partial charge in [0.25, 0.3) is 0 Å². The average Bonchev–Trinajstić information content (AvgIpc) is 3.07. The summed E-state index contributed by atoms with van der Waals surface area (Å²) in [5.74, 6) is 3.16. The summed E-state index contributed by atoms with van der Waals surface area (Å²) < 4.78 is 0. The second-order valence-corrected chi connectivity index (χ2v) is 11.7. The summed E-state index contributed by atoms with van der Waals surface area (Å²) in [6.45, 7) is 13.9. The summed E-state index contributed by atoms with van der Waals surface area (Å²) in [7, 11) is 0. The van der Waals surface area contributed by atoms with Crippen LogP contribution in [-0.2, 0) is 11.2 Å². The number of hydrogen-bond donors (Lipinski definition) is 0. The maximum atomic E-state index is 8.81. The van der Waals surface area contributed by atoms with Crippen LogP contribution in [0.4, 0.5) is 0 Å². The van der Waals surface area contributed by atoms with Gasteiger partial charge in [0, 0.05) is 0 Å². The molecule has 228 valence electrons. The molecule has 0 N–H and O–H groups in total. The second kappa shape index (κ2) is 24.4. The third kappa shape index (κ3) is 14.8. The van der Waals surface area contributed by atoms with Crippen LogP contribution in [0.5, 0.6) is 0 Å². The van der Waals surface area contributed by atoms with Gasteiger partial charge in [-0.25, -0.2) is 0 Å². The molecule has 0 amide bonds. The molecule has 43 heavy (non-hydrogen) atoms. The Balaban J connectivity index is 0.000000396. The summed E-state index contributed by atoms with van der Waals surface area (Å²) in [6.07, 6.45) is 18.2. The smallest absolute Gasteiger partial charge is 0.328 e. The number of aldehydes is 1. The zero-order valence-corrected chi connectivity index (χ0v) is 34.5. The van der Waals surface area contributed by atoms with Crippen LogP contribution in [0.25, 0.3) is 6.08 Å². The Morgan fingerprint density at radius 3 is 1.77 bits per heavy atom. The molecule has 0 radical (unpaired) electrons. The van der Waals surface area contributed by atoms with E-state index in [0.717, 1.165) is 30.5 Å². The molecule has 0 saturated heterocycles. The molecule has 1 nitrogen and oxygen atoms in total. The van der Waals surface area contributed by atoms with Gasteiger partial charge in [-0.2, -0.15) is 12.8 Å². The van der Waals surface area contributed by atoms with Gasteiger partial charge in [0.05, 0.1) is 0 Å². The van der Waals surface area contributed by atoms with Crippen LogP contribution in [0.15, 0.2) is 85.4 Å². The van der Waals surface area contributed by atoms with Gasteiger partial charge in [-0.3, -0.25) is 0 Å². The minimum Gasteiger partial charge on any atom is -0.328 e. The molecule has 2 aliphatic rings. The van der Waals surface area contributed by atoms with Crippen LogP contribution >= 0.6 is 0 Å². The number of hydrogen-bond acceptors (Lipinski definition) is 1. The molecule has 1 atom stereocenters. The van der Waals surface area contributed by atoms with E-state index in [-0.39, 0.29) is 68.9 Å². The summed E-state index contributed by atoms with van der Waals surface area (Å²) in [5, 5.41) is 0. The van der Waals surface area contributed by atoms with Crippen molar-refractivity contribution in [3.05, 3.63) is 120 Å². The summed E-state index contributed by atoms with van der Waals surface area (Å²) in [5.41, 5.74) is 7.24. The van der Waals surface area contributed by atoms with E-state index in [1.165, 1.54) is 87.0 Å². The maximum absolute atomic E-state index is 8.81. The van der Waals surface area contributed by atoms with Crippen LogP contribution < -0.4 is 68.9 Å². The first-order chi connectivity index (χ1) is 20.6. The van der Waals surface area contributed by atoms with Crippen LogP contribution in [0.3, 0.4) is 0 Å². The fourth-order valence-corrected chi connectivity index (χ4v) is 6.19. The first kappa shape index (κ1) is 40.1. The molecule has 2 saturated carbocycles. The fourth-order valence-electron chi connectivity index (χ4n) is 6.19. The van der Waals surface area contributed by atoms with Crippen molar-refractivity contribution in [2.75, 3.05) is 0 Å².